The molecule has 0 aromatic heterocycles. The van der Waals surface area contributed by atoms with Crippen LogP contribution in [0.5, 0.6) is 0 Å². The van der Waals surface area contributed by atoms with Crippen LogP contribution >= 0.6 is 12.6 Å². The normalized spacial score (nSPS) is 14.1. The molecule has 0 saturated heterocycles. The Morgan fingerprint density at radius 3 is 2.31 bits per heavy atom. The molecule has 0 heterocycles. The Labute approximate surface area is 160 Å². The standard InChI is InChI=1S/C19H28N2O4S/c1-3-4-6-11-16(26)18(23)21-15(12-14-9-7-5-8-10-14)17(22)20-13(2)19(24)25/h5,7-10,13,15-16,26H,3-4,6,11-12H2,1-2H3,(H,20,22)(H,21,23)(H,24,25)/t13-,15-,16+/m0/s1. The zero-order chi connectivity index (χ0) is 19.5. The van der Waals surface area contributed by atoms with Crippen molar-refractivity contribution in [2.45, 2.75) is 63.3 Å². The number of aliphatic carboxylic acids is 1. The molecule has 1 rings (SSSR count). The molecule has 0 aliphatic rings. The zero-order valence-corrected chi connectivity index (χ0v) is 16.2. The smallest absolute Gasteiger partial charge is 0.325 e. The molecular formula is C19H28N2O4S. The van der Waals surface area contributed by atoms with Gasteiger partial charge in [-0.25, -0.2) is 0 Å². The average molecular weight is 381 g/mol. The van der Waals surface area contributed by atoms with Crippen LogP contribution in [-0.2, 0) is 20.8 Å². The Kier molecular flexibility index (Phi) is 9.80. The van der Waals surface area contributed by atoms with Gasteiger partial charge in [0.25, 0.3) is 0 Å². The van der Waals surface area contributed by atoms with Crippen LogP contribution in [0.3, 0.4) is 0 Å². The van der Waals surface area contributed by atoms with Crippen molar-refractivity contribution in [3.63, 3.8) is 0 Å². The number of amides is 2. The van der Waals surface area contributed by atoms with E-state index in [4.69, 9.17) is 5.11 Å². The molecular weight excluding hydrogens is 352 g/mol. The van der Waals surface area contributed by atoms with E-state index in [1.165, 1.54) is 6.92 Å². The summed E-state index contributed by atoms with van der Waals surface area (Å²) in [7, 11) is 0. The van der Waals surface area contributed by atoms with Gasteiger partial charge >= 0.3 is 5.97 Å². The summed E-state index contributed by atoms with van der Waals surface area (Å²) in [5.74, 6) is -1.97. The van der Waals surface area contributed by atoms with Crippen LogP contribution in [0.25, 0.3) is 0 Å². The maximum Gasteiger partial charge on any atom is 0.325 e. The number of hydrogen-bond acceptors (Lipinski definition) is 4. The zero-order valence-electron chi connectivity index (χ0n) is 15.3. The molecule has 26 heavy (non-hydrogen) atoms. The van der Waals surface area contributed by atoms with Crippen molar-refractivity contribution in [2.75, 3.05) is 0 Å². The fourth-order valence-electron chi connectivity index (χ4n) is 2.42. The molecule has 0 saturated carbocycles. The van der Waals surface area contributed by atoms with E-state index in [0.29, 0.717) is 6.42 Å². The summed E-state index contributed by atoms with van der Waals surface area (Å²) in [5.41, 5.74) is 0.873. The molecule has 0 fully saturated rings. The lowest BCUT2D eigenvalue weighted by molar-refractivity contribution is -0.141. The van der Waals surface area contributed by atoms with E-state index in [1.54, 1.807) is 0 Å². The van der Waals surface area contributed by atoms with Gasteiger partial charge in [0.15, 0.2) is 0 Å². The molecule has 1 aromatic rings. The van der Waals surface area contributed by atoms with E-state index >= 15 is 0 Å². The fourth-order valence-corrected chi connectivity index (χ4v) is 2.68. The van der Waals surface area contributed by atoms with Crippen LogP contribution < -0.4 is 10.6 Å². The van der Waals surface area contributed by atoms with Gasteiger partial charge in [-0.15, -0.1) is 0 Å². The molecule has 3 N–H and O–H groups in total. The Balaban J connectivity index is 2.77. The minimum absolute atomic E-state index is 0.278. The van der Waals surface area contributed by atoms with Crippen molar-refractivity contribution in [1.82, 2.24) is 10.6 Å². The van der Waals surface area contributed by atoms with E-state index in [9.17, 15) is 14.4 Å². The number of rotatable bonds is 11. The molecule has 1 aromatic carbocycles. The van der Waals surface area contributed by atoms with Gasteiger partial charge in [-0.05, 0) is 18.9 Å². The third kappa shape index (κ3) is 7.91. The molecule has 0 radical (unpaired) electrons. The summed E-state index contributed by atoms with van der Waals surface area (Å²) in [6.07, 6.45) is 3.88. The molecule has 0 aliphatic heterocycles. The van der Waals surface area contributed by atoms with Gasteiger partial charge in [0, 0.05) is 6.42 Å². The number of carboxylic acids is 1. The lowest BCUT2D eigenvalue weighted by Crippen LogP contribution is -2.53. The first kappa shape index (κ1) is 22.0. The van der Waals surface area contributed by atoms with Crippen molar-refractivity contribution in [3.8, 4) is 0 Å². The number of carbonyl (C=O) groups excluding carboxylic acids is 2. The Morgan fingerprint density at radius 2 is 1.73 bits per heavy atom. The third-order valence-corrected chi connectivity index (χ3v) is 4.52. The van der Waals surface area contributed by atoms with Crippen LogP contribution in [0.1, 0.15) is 45.1 Å². The number of unbranched alkanes of at least 4 members (excludes halogenated alkanes) is 2. The Bertz CT molecular complexity index is 594. The van der Waals surface area contributed by atoms with Crippen LogP contribution in [0.15, 0.2) is 30.3 Å². The monoisotopic (exact) mass is 380 g/mol. The maximum absolute atomic E-state index is 12.5. The van der Waals surface area contributed by atoms with Crippen molar-refractivity contribution in [3.05, 3.63) is 35.9 Å². The van der Waals surface area contributed by atoms with Gasteiger partial charge < -0.3 is 15.7 Å². The Hall–Kier alpha value is -2.02. The maximum atomic E-state index is 12.5. The average Bonchev–Trinajstić information content (AvgIpc) is 2.61. The molecule has 0 bridgehead atoms. The Morgan fingerprint density at radius 1 is 1.08 bits per heavy atom. The quantitative estimate of drug-likeness (QED) is 0.350. The minimum atomic E-state index is -1.13. The van der Waals surface area contributed by atoms with Crippen molar-refractivity contribution in [1.29, 1.82) is 0 Å². The number of carboxylic acid groups (broad SMARTS) is 1. The third-order valence-electron chi connectivity index (χ3n) is 4.03. The molecule has 3 atom stereocenters. The predicted octanol–water partition coefficient (Wildman–Crippen LogP) is 2.18. The molecule has 144 valence electrons. The number of thiol groups is 1. The minimum Gasteiger partial charge on any atom is -0.480 e. The van der Waals surface area contributed by atoms with Crippen LogP contribution in [0.4, 0.5) is 0 Å². The van der Waals surface area contributed by atoms with E-state index < -0.39 is 29.2 Å². The molecule has 0 aliphatic carbocycles. The lowest BCUT2D eigenvalue weighted by atomic mass is 10.0. The van der Waals surface area contributed by atoms with Crippen molar-refractivity contribution in [2.24, 2.45) is 0 Å². The predicted molar refractivity (Wildman–Crippen MR) is 104 cm³/mol. The van der Waals surface area contributed by atoms with Gasteiger partial charge in [0.2, 0.25) is 11.8 Å². The lowest BCUT2D eigenvalue weighted by Gasteiger charge is -2.22. The number of carbonyl (C=O) groups is 3. The number of hydrogen-bond donors (Lipinski definition) is 4. The summed E-state index contributed by atoms with van der Waals surface area (Å²) in [6.45, 7) is 3.46. The van der Waals surface area contributed by atoms with E-state index in [1.807, 2.05) is 30.3 Å². The highest BCUT2D eigenvalue weighted by Gasteiger charge is 2.26. The largest absolute Gasteiger partial charge is 0.480 e. The first-order valence-electron chi connectivity index (χ1n) is 8.90. The first-order valence-corrected chi connectivity index (χ1v) is 9.42. The summed E-state index contributed by atoms with van der Waals surface area (Å²) in [5, 5.41) is 13.6. The number of nitrogens with one attached hydrogen (secondary N) is 2. The van der Waals surface area contributed by atoms with Gasteiger partial charge in [-0.2, -0.15) is 12.6 Å². The molecule has 0 unspecified atom stereocenters. The highest BCUT2D eigenvalue weighted by Crippen LogP contribution is 2.10. The SMILES string of the molecule is CCCCC[C@@H](S)C(=O)N[C@@H](Cc1ccccc1)C(=O)N[C@@H](C)C(=O)O. The number of benzene rings is 1. The molecule has 7 heteroatoms. The molecule has 6 nitrogen and oxygen atoms in total. The second kappa shape index (κ2) is 11.6. The summed E-state index contributed by atoms with van der Waals surface area (Å²) in [4.78, 5) is 35.8. The summed E-state index contributed by atoms with van der Waals surface area (Å²) < 4.78 is 0. The second-order valence-electron chi connectivity index (χ2n) is 6.33. The molecule has 0 spiro atoms. The van der Waals surface area contributed by atoms with Crippen LogP contribution in [-0.4, -0.2) is 40.2 Å². The van der Waals surface area contributed by atoms with Gasteiger partial charge in [0.05, 0.1) is 5.25 Å². The van der Waals surface area contributed by atoms with Crippen molar-refractivity contribution < 1.29 is 19.5 Å². The summed E-state index contributed by atoms with van der Waals surface area (Å²) >= 11 is 4.33. The van der Waals surface area contributed by atoms with E-state index in [0.717, 1.165) is 24.8 Å². The van der Waals surface area contributed by atoms with Crippen LogP contribution in [0.2, 0.25) is 0 Å². The van der Waals surface area contributed by atoms with E-state index in [2.05, 4.69) is 30.2 Å². The van der Waals surface area contributed by atoms with E-state index in [-0.39, 0.29) is 12.3 Å². The van der Waals surface area contributed by atoms with Gasteiger partial charge in [-0.3, -0.25) is 14.4 Å². The summed E-state index contributed by atoms with van der Waals surface area (Å²) in [6, 6.07) is 7.37. The first-order chi connectivity index (χ1) is 12.3. The second-order valence-corrected chi connectivity index (χ2v) is 6.95. The highest BCUT2D eigenvalue weighted by atomic mass is 32.1. The fraction of sp³-hybridized carbons (Fsp3) is 0.526. The highest BCUT2D eigenvalue weighted by molar-refractivity contribution is 7.81. The van der Waals surface area contributed by atoms with Crippen LogP contribution in [0, 0.1) is 0 Å². The van der Waals surface area contributed by atoms with Gasteiger partial charge in [-0.1, -0.05) is 56.5 Å². The topological polar surface area (TPSA) is 95.5 Å². The van der Waals surface area contributed by atoms with Gasteiger partial charge in [0.1, 0.15) is 12.1 Å². The van der Waals surface area contributed by atoms with Crippen molar-refractivity contribution >= 4 is 30.4 Å². The molecule has 2 amide bonds.